The van der Waals surface area contributed by atoms with Gasteiger partial charge in [0.1, 0.15) is 11.6 Å². The fourth-order valence-corrected chi connectivity index (χ4v) is 1.90. The Bertz CT molecular complexity index is 399. The number of halogens is 4. The minimum Gasteiger partial charge on any atom is -0.406 e. The van der Waals surface area contributed by atoms with Crippen LogP contribution in [0.5, 0.6) is 5.75 Å². The molecule has 0 amide bonds. The zero-order valence-corrected chi connectivity index (χ0v) is 8.93. The lowest BCUT2D eigenvalue weighted by molar-refractivity contribution is -0.274. The number of benzene rings is 1. The Labute approximate surface area is 95.8 Å². The first-order valence-electron chi connectivity index (χ1n) is 5.26. The van der Waals surface area contributed by atoms with Gasteiger partial charge in [0.25, 0.3) is 0 Å². The monoisotopic (exact) mass is 249 g/mol. The molecule has 0 bridgehead atoms. The quantitative estimate of drug-likeness (QED) is 0.745. The molecule has 1 fully saturated rings. The predicted octanol–water partition coefficient (Wildman–Crippen LogP) is 3.32. The maximum absolute atomic E-state index is 13.6. The molecule has 0 spiro atoms. The van der Waals surface area contributed by atoms with E-state index < -0.39 is 17.9 Å². The number of anilines is 1. The first-order chi connectivity index (χ1) is 7.96. The van der Waals surface area contributed by atoms with E-state index in [1.54, 1.807) is 0 Å². The summed E-state index contributed by atoms with van der Waals surface area (Å²) in [6.07, 6.45) is -2.85. The van der Waals surface area contributed by atoms with Gasteiger partial charge in [-0.15, -0.1) is 13.2 Å². The van der Waals surface area contributed by atoms with Crippen LogP contribution in [0.15, 0.2) is 18.2 Å². The van der Waals surface area contributed by atoms with E-state index in [1.807, 2.05) is 4.90 Å². The molecule has 1 aliphatic rings. The number of rotatable bonds is 2. The molecule has 1 aromatic rings. The summed E-state index contributed by atoms with van der Waals surface area (Å²) in [5.41, 5.74) is 0.331. The Morgan fingerprint density at radius 2 is 1.76 bits per heavy atom. The number of hydrogen-bond acceptors (Lipinski definition) is 2. The lowest BCUT2D eigenvalue weighted by Gasteiger charge is -2.19. The fourth-order valence-electron chi connectivity index (χ4n) is 1.90. The van der Waals surface area contributed by atoms with Crippen LogP contribution in [0.25, 0.3) is 0 Å². The van der Waals surface area contributed by atoms with Gasteiger partial charge >= 0.3 is 6.36 Å². The van der Waals surface area contributed by atoms with Crippen LogP contribution in [0.1, 0.15) is 12.8 Å². The zero-order chi connectivity index (χ0) is 12.5. The number of hydrogen-bond donors (Lipinski definition) is 0. The fraction of sp³-hybridized carbons (Fsp3) is 0.455. The third kappa shape index (κ3) is 3.01. The summed E-state index contributed by atoms with van der Waals surface area (Å²) < 4.78 is 53.0. The molecule has 0 saturated carbocycles. The summed E-state index contributed by atoms with van der Waals surface area (Å²) in [6.45, 7) is 1.47. The van der Waals surface area contributed by atoms with E-state index in [9.17, 15) is 17.6 Å². The molecule has 94 valence electrons. The summed E-state index contributed by atoms with van der Waals surface area (Å²) in [7, 11) is 0. The van der Waals surface area contributed by atoms with Crippen LogP contribution in [0.3, 0.4) is 0 Å². The van der Waals surface area contributed by atoms with Crippen LogP contribution < -0.4 is 9.64 Å². The molecular weight excluding hydrogens is 238 g/mol. The highest BCUT2D eigenvalue weighted by molar-refractivity contribution is 5.51. The molecule has 0 unspecified atom stereocenters. The lowest BCUT2D eigenvalue weighted by atomic mass is 10.2. The van der Waals surface area contributed by atoms with Crippen molar-refractivity contribution >= 4 is 5.69 Å². The van der Waals surface area contributed by atoms with Crippen LogP contribution in [-0.4, -0.2) is 19.5 Å². The second-order valence-corrected chi connectivity index (χ2v) is 3.86. The number of ether oxygens (including phenoxy) is 1. The summed E-state index contributed by atoms with van der Waals surface area (Å²) in [6, 6.07) is 3.22. The predicted molar refractivity (Wildman–Crippen MR) is 54.5 cm³/mol. The van der Waals surface area contributed by atoms with Gasteiger partial charge in [0, 0.05) is 19.2 Å². The highest BCUT2D eigenvalue weighted by Gasteiger charge is 2.31. The van der Waals surface area contributed by atoms with Crippen molar-refractivity contribution in [3.63, 3.8) is 0 Å². The van der Waals surface area contributed by atoms with Gasteiger partial charge in [-0.1, -0.05) is 0 Å². The SMILES string of the molecule is Fc1cc(OC(F)(F)F)ccc1N1CCCC1. The maximum atomic E-state index is 13.6. The van der Waals surface area contributed by atoms with Crippen molar-refractivity contribution in [3.8, 4) is 5.75 Å². The van der Waals surface area contributed by atoms with Gasteiger partial charge in [0.15, 0.2) is 0 Å². The molecule has 2 rings (SSSR count). The third-order valence-electron chi connectivity index (χ3n) is 2.60. The summed E-state index contributed by atoms with van der Waals surface area (Å²) in [4.78, 5) is 1.81. The van der Waals surface area contributed by atoms with E-state index in [0.717, 1.165) is 38.1 Å². The van der Waals surface area contributed by atoms with E-state index in [2.05, 4.69) is 4.74 Å². The van der Waals surface area contributed by atoms with Gasteiger partial charge in [-0.05, 0) is 25.0 Å². The van der Waals surface area contributed by atoms with Gasteiger partial charge in [-0.2, -0.15) is 0 Å². The summed E-state index contributed by atoms with van der Waals surface area (Å²) in [5, 5.41) is 0. The maximum Gasteiger partial charge on any atom is 0.573 e. The Morgan fingerprint density at radius 1 is 1.12 bits per heavy atom. The molecule has 17 heavy (non-hydrogen) atoms. The van der Waals surface area contributed by atoms with E-state index in [-0.39, 0.29) is 0 Å². The minimum atomic E-state index is -4.79. The Kier molecular flexibility index (Phi) is 3.13. The minimum absolute atomic E-state index is 0.331. The van der Waals surface area contributed by atoms with Crippen molar-refractivity contribution < 1.29 is 22.3 Å². The smallest absolute Gasteiger partial charge is 0.406 e. The van der Waals surface area contributed by atoms with Crippen LogP contribution in [0, 0.1) is 5.82 Å². The van der Waals surface area contributed by atoms with Gasteiger partial charge in [-0.25, -0.2) is 4.39 Å². The van der Waals surface area contributed by atoms with Crippen LogP contribution in [0.2, 0.25) is 0 Å². The zero-order valence-electron chi connectivity index (χ0n) is 8.93. The standard InChI is InChI=1S/C11H11F4NO/c12-9-7-8(17-11(13,14)15)3-4-10(9)16-5-1-2-6-16/h3-4,7H,1-2,5-6H2. The van der Waals surface area contributed by atoms with Crippen molar-refractivity contribution in [1.29, 1.82) is 0 Å². The molecular formula is C11H11F4NO. The normalized spacial score (nSPS) is 16.4. The first kappa shape index (κ1) is 12.0. The van der Waals surface area contributed by atoms with Crippen molar-refractivity contribution in [2.75, 3.05) is 18.0 Å². The molecule has 1 saturated heterocycles. The van der Waals surface area contributed by atoms with Crippen LogP contribution in [-0.2, 0) is 0 Å². The Hall–Kier alpha value is -1.46. The van der Waals surface area contributed by atoms with Crippen molar-refractivity contribution in [2.45, 2.75) is 19.2 Å². The molecule has 0 N–H and O–H groups in total. The number of alkyl halides is 3. The molecule has 1 heterocycles. The molecule has 6 heteroatoms. The Morgan fingerprint density at radius 3 is 2.29 bits per heavy atom. The number of nitrogens with zero attached hydrogens (tertiary/aromatic N) is 1. The summed E-state index contributed by atoms with van der Waals surface area (Å²) >= 11 is 0. The second-order valence-electron chi connectivity index (χ2n) is 3.86. The molecule has 2 nitrogen and oxygen atoms in total. The lowest BCUT2D eigenvalue weighted by Crippen LogP contribution is -2.20. The second kappa shape index (κ2) is 4.43. The molecule has 1 aliphatic heterocycles. The molecule has 0 atom stereocenters. The van der Waals surface area contributed by atoms with Crippen molar-refractivity contribution in [2.24, 2.45) is 0 Å². The third-order valence-corrected chi connectivity index (χ3v) is 2.60. The molecule has 0 aliphatic carbocycles. The van der Waals surface area contributed by atoms with Gasteiger partial charge in [0.2, 0.25) is 0 Å². The molecule has 0 radical (unpaired) electrons. The van der Waals surface area contributed by atoms with Crippen LogP contribution >= 0.6 is 0 Å². The van der Waals surface area contributed by atoms with Crippen molar-refractivity contribution in [1.82, 2.24) is 0 Å². The van der Waals surface area contributed by atoms with Crippen LogP contribution in [0.4, 0.5) is 23.2 Å². The highest BCUT2D eigenvalue weighted by atomic mass is 19.4. The molecule has 0 aromatic heterocycles. The summed E-state index contributed by atoms with van der Waals surface area (Å²) in [5.74, 6) is -1.22. The largest absolute Gasteiger partial charge is 0.573 e. The highest BCUT2D eigenvalue weighted by Crippen LogP contribution is 2.29. The topological polar surface area (TPSA) is 12.5 Å². The van der Waals surface area contributed by atoms with E-state index in [1.165, 1.54) is 6.07 Å². The average Bonchev–Trinajstić information content (AvgIpc) is 2.68. The average molecular weight is 249 g/mol. The Balaban J connectivity index is 2.16. The molecule has 1 aromatic carbocycles. The van der Waals surface area contributed by atoms with Gasteiger partial charge in [0.05, 0.1) is 5.69 Å². The van der Waals surface area contributed by atoms with E-state index >= 15 is 0 Å². The van der Waals surface area contributed by atoms with E-state index in [4.69, 9.17) is 0 Å². The van der Waals surface area contributed by atoms with Gasteiger partial charge in [-0.3, -0.25) is 0 Å². The van der Waals surface area contributed by atoms with Gasteiger partial charge < -0.3 is 9.64 Å². The van der Waals surface area contributed by atoms with Crippen molar-refractivity contribution in [3.05, 3.63) is 24.0 Å². The first-order valence-corrected chi connectivity index (χ1v) is 5.26. The van der Waals surface area contributed by atoms with E-state index in [0.29, 0.717) is 5.69 Å².